The number of aldehydes is 1. The average molecular weight is 227 g/mol. The Morgan fingerprint density at radius 1 is 1.12 bits per heavy atom. The van der Waals surface area contributed by atoms with Crippen LogP contribution in [0, 0.1) is 27.7 Å². The van der Waals surface area contributed by atoms with E-state index < -0.39 is 0 Å². The summed E-state index contributed by atoms with van der Waals surface area (Å²) in [4.78, 5) is 11.0. The molecule has 0 atom stereocenters. The quantitative estimate of drug-likeness (QED) is 0.719. The molecule has 0 saturated carbocycles. The van der Waals surface area contributed by atoms with Crippen molar-refractivity contribution in [2.24, 2.45) is 0 Å². The molecule has 1 aromatic carbocycles. The summed E-state index contributed by atoms with van der Waals surface area (Å²) in [6.07, 6.45) is 0.921. The average Bonchev–Trinajstić information content (AvgIpc) is 2.58. The molecule has 2 heteroatoms. The molecular weight excluding hydrogens is 210 g/mol. The first-order chi connectivity index (χ1) is 8.06. The van der Waals surface area contributed by atoms with E-state index in [4.69, 9.17) is 0 Å². The zero-order chi connectivity index (χ0) is 12.6. The Morgan fingerprint density at radius 2 is 1.82 bits per heavy atom. The van der Waals surface area contributed by atoms with Crippen LogP contribution in [0.3, 0.4) is 0 Å². The van der Waals surface area contributed by atoms with Crippen molar-refractivity contribution in [3.8, 4) is 5.69 Å². The van der Waals surface area contributed by atoms with Crippen LogP contribution in [0.15, 0.2) is 24.3 Å². The Morgan fingerprint density at radius 3 is 2.41 bits per heavy atom. The molecule has 0 bridgehead atoms. The van der Waals surface area contributed by atoms with E-state index >= 15 is 0 Å². The molecular formula is C15H17NO. The molecule has 0 aliphatic rings. The van der Waals surface area contributed by atoms with Crippen molar-refractivity contribution in [1.82, 2.24) is 4.57 Å². The standard InChI is InChI=1S/C15H17NO/c1-10-6-5-7-15(12(10)3)16-11(2)8-14(9-17)13(16)4/h5-9H,1-4H3. The molecule has 17 heavy (non-hydrogen) atoms. The Labute approximate surface area is 102 Å². The summed E-state index contributed by atoms with van der Waals surface area (Å²) in [6, 6.07) is 8.19. The Hall–Kier alpha value is -1.83. The van der Waals surface area contributed by atoms with Crippen LogP contribution in [0.25, 0.3) is 5.69 Å². The number of nitrogens with zero attached hydrogens (tertiary/aromatic N) is 1. The molecule has 0 saturated heterocycles. The van der Waals surface area contributed by atoms with Crippen LogP contribution in [0.1, 0.15) is 32.9 Å². The molecule has 2 rings (SSSR count). The van der Waals surface area contributed by atoms with E-state index in [9.17, 15) is 4.79 Å². The minimum atomic E-state index is 0.767. The fraction of sp³-hybridized carbons (Fsp3) is 0.267. The molecule has 0 spiro atoms. The maximum absolute atomic E-state index is 11.0. The number of carbonyl (C=O) groups is 1. The number of aromatic nitrogens is 1. The molecule has 2 nitrogen and oxygen atoms in total. The van der Waals surface area contributed by atoms with Gasteiger partial charge in [-0.15, -0.1) is 0 Å². The summed E-state index contributed by atoms with van der Waals surface area (Å²) in [6.45, 7) is 8.23. The van der Waals surface area contributed by atoms with Gasteiger partial charge in [-0.05, 0) is 51.0 Å². The van der Waals surface area contributed by atoms with Gasteiger partial charge in [0, 0.05) is 22.6 Å². The Balaban J connectivity index is 2.72. The summed E-state index contributed by atoms with van der Waals surface area (Å²) in [7, 11) is 0. The van der Waals surface area contributed by atoms with Gasteiger partial charge in [0.05, 0.1) is 0 Å². The highest BCUT2D eigenvalue weighted by Crippen LogP contribution is 2.23. The molecule has 1 heterocycles. The van der Waals surface area contributed by atoms with Gasteiger partial charge in [0.25, 0.3) is 0 Å². The number of rotatable bonds is 2. The zero-order valence-electron chi connectivity index (χ0n) is 10.7. The molecule has 0 aliphatic carbocycles. The monoisotopic (exact) mass is 227 g/mol. The van der Waals surface area contributed by atoms with Crippen molar-refractivity contribution in [2.45, 2.75) is 27.7 Å². The maximum Gasteiger partial charge on any atom is 0.151 e. The van der Waals surface area contributed by atoms with E-state index in [-0.39, 0.29) is 0 Å². The van der Waals surface area contributed by atoms with E-state index in [1.807, 2.05) is 19.9 Å². The summed E-state index contributed by atoms with van der Waals surface area (Å²) in [5, 5.41) is 0. The van der Waals surface area contributed by atoms with Crippen molar-refractivity contribution in [1.29, 1.82) is 0 Å². The third-order valence-electron chi connectivity index (χ3n) is 3.41. The predicted octanol–water partition coefficient (Wildman–Crippen LogP) is 3.52. The second kappa shape index (κ2) is 4.21. The Bertz CT molecular complexity index is 579. The molecule has 1 aromatic heterocycles. The fourth-order valence-corrected chi connectivity index (χ4v) is 2.26. The zero-order valence-corrected chi connectivity index (χ0v) is 10.7. The molecule has 0 unspecified atom stereocenters. The highest BCUT2D eigenvalue weighted by molar-refractivity contribution is 5.77. The van der Waals surface area contributed by atoms with Crippen LogP contribution < -0.4 is 0 Å². The molecule has 0 aliphatic heterocycles. The van der Waals surface area contributed by atoms with Crippen LogP contribution in [0.5, 0.6) is 0 Å². The third-order valence-corrected chi connectivity index (χ3v) is 3.41. The summed E-state index contributed by atoms with van der Waals surface area (Å²) in [5.74, 6) is 0. The number of aryl methyl sites for hydroxylation is 2. The maximum atomic E-state index is 11.0. The lowest BCUT2D eigenvalue weighted by Crippen LogP contribution is -2.02. The van der Waals surface area contributed by atoms with Gasteiger partial charge >= 0.3 is 0 Å². The fourth-order valence-electron chi connectivity index (χ4n) is 2.26. The van der Waals surface area contributed by atoms with E-state index in [1.165, 1.54) is 11.1 Å². The Kier molecular flexibility index (Phi) is 2.88. The van der Waals surface area contributed by atoms with Crippen molar-refractivity contribution in [3.05, 3.63) is 52.3 Å². The number of carbonyl (C=O) groups excluding carboxylic acids is 1. The largest absolute Gasteiger partial charge is 0.318 e. The van der Waals surface area contributed by atoms with Crippen LogP contribution >= 0.6 is 0 Å². The molecule has 0 amide bonds. The molecule has 0 radical (unpaired) electrons. The summed E-state index contributed by atoms with van der Waals surface area (Å²) < 4.78 is 2.14. The molecule has 2 aromatic rings. The third kappa shape index (κ3) is 1.80. The molecule has 0 N–H and O–H groups in total. The van der Waals surface area contributed by atoms with Crippen LogP contribution in [-0.4, -0.2) is 10.9 Å². The van der Waals surface area contributed by atoms with Crippen LogP contribution in [-0.2, 0) is 0 Å². The van der Waals surface area contributed by atoms with E-state index in [0.717, 1.165) is 28.9 Å². The van der Waals surface area contributed by atoms with Gasteiger partial charge in [0.15, 0.2) is 6.29 Å². The summed E-state index contributed by atoms with van der Waals surface area (Å²) in [5.41, 5.74) is 6.55. The second-order valence-corrected chi connectivity index (χ2v) is 4.50. The highest BCUT2D eigenvalue weighted by Gasteiger charge is 2.12. The SMILES string of the molecule is Cc1cccc(-n2c(C)cc(C=O)c2C)c1C. The first-order valence-electron chi connectivity index (χ1n) is 5.77. The lowest BCUT2D eigenvalue weighted by atomic mass is 10.1. The van der Waals surface area contributed by atoms with E-state index in [2.05, 4.69) is 36.6 Å². The van der Waals surface area contributed by atoms with Gasteiger partial charge in [-0.1, -0.05) is 12.1 Å². The minimum Gasteiger partial charge on any atom is -0.318 e. The van der Waals surface area contributed by atoms with Crippen molar-refractivity contribution < 1.29 is 4.79 Å². The smallest absolute Gasteiger partial charge is 0.151 e. The van der Waals surface area contributed by atoms with Crippen LogP contribution in [0.2, 0.25) is 0 Å². The second-order valence-electron chi connectivity index (χ2n) is 4.50. The lowest BCUT2D eigenvalue weighted by molar-refractivity contribution is 0.112. The van der Waals surface area contributed by atoms with Gasteiger partial charge in [-0.25, -0.2) is 0 Å². The topological polar surface area (TPSA) is 22.0 Å². The van der Waals surface area contributed by atoms with Gasteiger partial charge in [-0.3, -0.25) is 4.79 Å². The van der Waals surface area contributed by atoms with Gasteiger partial charge in [0.1, 0.15) is 0 Å². The van der Waals surface area contributed by atoms with Crippen molar-refractivity contribution in [2.75, 3.05) is 0 Å². The normalized spacial score (nSPS) is 10.6. The molecule has 88 valence electrons. The first kappa shape index (κ1) is 11.6. The molecule has 0 fully saturated rings. The van der Waals surface area contributed by atoms with Crippen molar-refractivity contribution in [3.63, 3.8) is 0 Å². The minimum absolute atomic E-state index is 0.767. The van der Waals surface area contributed by atoms with Gasteiger partial charge in [0.2, 0.25) is 0 Å². The predicted molar refractivity (Wildman–Crippen MR) is 70.1 cm³/mol. The van der Waals surface area contributed by atoms with Gasteiger partial charge in [-0.2, -0.15) is 0 Å². The van der Waals surface area contributed by atoms with Gasteiger partial charge < -0.3 is 4.57 Å². The number of benzene rings is 1. The lowest BCUT2D eigenvalue weighted by Gasteiger charge is -2.14. The number of hydrogen-bond acceptors (Lipinski definition) is 1. The summed E-state index contributed by atoms with van der Waals surface area (Å²) >= 11 is 0. The highest BCUT2D eigenvalue weighted by atomic mass is 16.1. The van der Waals surface area contributed by atoms with Crippen LogP contribution in [0.4, 0.5) is 0 Å². The van der Waals surface area contributed by atoms with E-state index in [1.54, 1.807) is 0 Å². The first-order valence-corrected chi connectivity index (χ1v) is 5.77. The number of hydrogen-bond donors (Lipinski definition) is 0. The van der Waals surface area contributed by atoms with E-state index in [0.29, 0.717) is 0 Å². The van der Waals surface area contributed by atoms with Crippen molar-refractivity contribution >= 4 is 6.29 Å².